The van der Waals surface area contributed by atoms with Crippen LogP contribution < -0.4 is 5.32 Å². The molecule has 1 saturated heterocycles. The second-order valence-electron chi connectivity index (χ2n) is 4.66. The first kappa shape index (κ1) is 21.1. The quantitative estimate of drug-likeness (QED) is 0.732. The van der Waals surface area contributed by atoms with E-state index in [0.29, 0.717) is 12.2 Å². The van der Waals surface area contributed by atoms with Crippen molar-refractivity contribution < 1.29 is 62.2 Å². The van der Waals surface area contributed by atoms with Gasteiger partial charge in [0.2, 0.25) is 6.04 Å². The number of halogens is 12. The van der Waals surface area contributed by atoms with Gasteiger partial charge in [-0.25, -0.2) is 0 Å². The average molecular weight is 389 g/mol. The van der Waals surface area contributed by atoms with Gasteiger partial charge >= 0.3 is 30.5 Å². The Morgan fingerprint density at radius 1 is 0.750 bits per heavy atom. The van der Waals surface area contributed by atoms with Gasteiger partial charge in [0.05, 0.1) is 6.10 Å². The highest BCUT2D eigenvalue weighted by molar-refractivity contribution is 4.96. The number of hydrogen-bond acceptors (Lipinski definition) is 3. The van der Waals surface area contributed by atoms with Crippen LogP contribution >= 0.6 is 0 Å². The normalized spacial score (nSPS) is 26.2. The zero-order valence-electron chi connectivity index (χ0n) is 11.1. The van der Waals surface area contributed by atoms with Crippen LogP contribution in [0, 0.1) is 0 Å². The molecule has 0 aromatic heterocycles. The molecule has 3 nitrogen and oxygen atoms in total. The number of ether oxygens (including phenoxy) is 2. The van der Waals surface area contributed by atoms with E-state index in [4.69, 9.17) is 0 Å². The summed E-state index contributed by atoms with van der Waals surface area (Å²) in [7, 11) is 0. The van der Waals surface area contributed by atoms with Crippen LogP contribution in [-0.4, -0.2) is 48.9 Å². The van der Waals surface area contributed by atoms with Crippen LogP contribution in [0.4, 0.5) is 52.7 Å². The molecule has 1 aliphatic heterocycles. The molecule has 1 aliphatic rings. The van der Waals surface area contributed by atoms with Crippen molar-refractivity contribution in [3.05, 3.63) is 0 Å². The number of nitrogens with one attached hydrogen (secondary N) is 1. The monoisotopic (exact) mass is 389 g/mol. The molecular formula is C9H7F12NO2. The fraction of sp³-hybridized carbons (Fsp3) is 1.00. The highest BCUT2D eigenvalue weighted by Crippen LogP contribution is 2.51. The third kappa shape index (κ3) is 3.82. The van der Waals surface area contributed by atoms with Crippen molar-refractivity contribution >= 4 is 0 Å². The third-order valence-electron chi connectivity index (χ3n) is 2.80. The van der Waals surface area contributed by atoms with E-state index >= 15 is 0 Å². The SMILES string of the molecule is C[C@H]1OC(C(F)(F)F)(C(F)(F)F)O[C@H]1NC(C(F)(F)F)C(F)(F)F. The zero-order chi connectivity index (χ0) is 19.4. The molecule has 0 radical (unpaired) electrons. The van der Waals surface area contributed by atoms with Crippen molar-refractivity contribution in [3.8, 4) is 0 Å². The molecule has 24 heavy (non-hydrogen) atoms. The van der Waals surface area contributed by atoms with Gasteiger partial charge in [-0.1, -0.05) is 0 Å². The molecule has 0 aliphatic carbocycles. The summed E-state index contributed by atoms with van der Waals surface area (Å²) in [6, 6.07) is -4.42. The first-order valence-corrected chi connectivity index (χ1v) is 5.71. The topological polar surface area (TPSA) is 30.5 Å². The maximum atomic E-state index is 12.6. The van der Waals surface area contributed by atoms with E-state index in [-0.39, 0.29) is 0 Å². The van der Waals surface area contributed by atoms with Crippen LogP contribution in [0.3, 0.4) is 0 Å². The van der Waals surface area contributed by atoms with Gasteiger partial charge in [0, 0.05) is 0 Å². The van der Waals surface area contributed by atoms with Gasteiger partial charge < -0.3 is 9.47 Å². The Labute approximate surface area is 124 Å². The number of alkyl halides is 12. The molecule has 144 valence electrons. The smallest absolute Gasteiger partial charge is 0.328 e. The van der Waals surface area contributed by atoms with Crippen molar-refractivity contribution in [1.29, 1.82) is 0 Å². The first-order chi connectivity index (χ1) is 10.3. The van der Waals surface area contributed by atoms with Gasteiger partial charge in [-0.3, -0.25) is 5.32 Å². The summed E-state index contributed by atoms with van der Waals surface area (Å²) in [6.07, 6.45) is -30.1. The lowest BCUT2D eigenvalue weighted by molar-refractivity contribution is -0.446. The van der Waals surface area contributed by atoms with Crippen molar-refractivity contribution in [2.45, 2.75) is 55.8 Å². The molecule has 0 amide bonds. The Hall–Kier alpha value is -0.960. The molecule has 1 N–H and O–H groups in total. The Balaban J connectivity index is 3.17. The van der Waals surface area contributed by atoms with Gasteiger partial charge in [-0.15, -0.1) is 0 Å². The minimum atomic E-state index is -6.30. The van der Waals surface area contributed by atoms with Crippen LogP contribution in [0.5, 0.6) is 0 Å². The minimum Gasteiger partial charge on any atom is -0.328 e. The molecule has 0 spiro atoms. The fourth-order valence-corrected chi connectivity index (χ4v) is 1.76. The average Bonchev–Trinajstić information content (AvgIpc) is 2.60. The summed E-state index contributed by atoms with van der Waals surface area (Å²) in [5, 5.41) is 0.547. The molecule has 0 aromatic rings. The summed E-state index contributed by atoms with van der Waals surface area (Å²) in [5.41, 5.74) is 0. The van der Waals surface area contributed by atoms with Crippen LogP contribution in [0.1, 0.15) is 6.92 Å². The maximum absolute atomic E-state index is 12.6. The standard InChI is InChI=1S/C9H7F12NO2/c1-2-3(22-4(5(10,11)12)6(13,14)15)24-7(23-2,8(16,17)18)9(19,20)21/h2-4,22H,1H3/t2-,3-/m1/s1. The largest absolute Gasteiger partial charge is 0.453 e. The lowest BCUT2D eigenvalue weighted by Crippen LogP contribution is -2.60. The second kappa shape index (κ2) is 5.79. The van der Waals surface area contributed by atoms with E-state index in [2.05, 4.69) is 9.47 Å². The molecule has 1 fully saturated rings. The molecule has 0 unspecified atom stereocenters. The Morgan fingerprint density at radius 3 is 1.38 bits per heavy atom. The zero-order valence-corrected chi connectivity index (χ0v) is 11.1. The van der Waals surface area contributed by atoms with Gasteiger partial charge in [0.15, 0.2) is 0 Å². The number of hydrogen-bond donors (Lipinski definition) is 1. The summed E-state index contributed by atoms with van der Waals surface area (Å²) in [5.74, 6) is -5.35. The molecule has 1 rings (SSSR count). The van der Waals surface area contributed by atoms with Crippen LogP contribution in [0.25, 0.3) is 0 Å². The summed E-state index contributed by atoms with van der Waals surface area (Å²) in [4.78, 5) is 0. The molecule has 1 heterocycles. The van der Waals surface area contributed by atoms with Crippen LogP contribution in [-0.2, 0) is 9.47 Å². The van der Waals surface area contributed by atoms with E-state index in [9.17, 15) is 52.7 Å². The minimum absolute atomic E-state index is 0.390. The highest BCUT2D eigenvalue weighted by Gasteiger charge is 2.79. The van der Waals surface area contributed by atoms with Gasteiger partial charge in [0.25, 0.3) is 0 Å². The van der Waals surface area contributed by atoms with E-state index < -0.39 is 48.9 Å². The maximum Gasteiger partial charge on any atom is 0.453 e. The molecule has 0 saturated carbocycles. The lowest BCUT2D eigenvalue weighted by atomic mass is 10.2. The highest BCUT2D eigenvalue weighted by atomic mass is 19.4. The number of rotatable bonds is 2. The molecule has 15 heteroatoms. The van der Waals surface area contributed by atoms with Gasteiger partial charge in [-0.05, 0) is 6.92 Å². The molecular weight excluding hydrogens is 382 g/mol. The Bertz CT molecular complexity index is 421. The van der Waals surface area contributed by atoms with Crippen LogP contribution in [0.2, 0.25) is 0 Å². The summed E-state index contributed by atoms with van der Waals surface area (Å²) >= 11 is 0. The fourth-order valence-electron chi connectivity index (χ4n) is 1.76. The molecule has 0 bridgehead atoms. The third-order valence-corrected chi connectivity index (χ3v) is 2.80. The van der Waals surface area contributed by atoms with Crippen molar-refractivity contribution in [3.63, 3.8) is 0 Å². The van der Waals surface area contributed by atoms with Crippen molar-refractivity contribution in [2.24, 2.45) is 0 Å². The predicted octanol–water partition coefficient (Wildman–Crippen LogP) is 3.65. The molecule has 2 atom stereocenters. The van der Waals surface area contributed by atoms with E-state index in [1.807, 2.05) is 0 Å². The van der Waals surface area contributed by atoms with Crippen molar-refractivity contribution in [2.75, 3.05) is 0 Å². The lowest BCUT2D eigenvalue weighted by Gasteiger charge is -2.32. The van der Waals surface area contributed by atoms with Gasteiger partial charge in [0.1, 0.15) is 6.23 Å². The van der Waals surface area contributed by atoms with Gasteiger partial charge in [-0.2, -0.15) is 52.7 Å². The van der Waals surface area contributed by atoms with E-state index in [1.54, 1.807) is 0 Å². The second-order valence-corrected chi connectivity index (χ2v) is 4.66. The molecule has 0 aromatic carbocycles. The first-order valence-electron chi connectivity index (χ1n) is 5.71. The van der Waals surface area contributed by atoms with E-state index in [0.717, 1.165) is 0 Å². The summed E-state index contributed by atoms with van der Waals surface area (Å²) < 4.78 is 157. The van der Waals surface area contributed by atoms with Crippen LogP contribution in [0.15, 0.2) is 0 Å². The Kier molecular flexibility index (Phi) is 5.09. The van der Waals surface area contributed by atoms with E-state index in [1.165, 1.54) is 0 Å². The summed E-state index contributed by atoms with van der Waals surface area (Å²) in [6.45, 7) is 0.390. The Morgan fingerprint density at radius 2 is 1.12 bits per heavy atom. The van der Waals surface area contributed by atoms with Crippen molar-refractivity contribution in [1.82, 2.24) is 5.32 Å². The predicted molar refractivity (Wildman–Crippen MR) is 49.3 cm³/mol.